The summed E-state index contributed by atoms with van der Waals surface area (Å²) in [5, 5.41) is 1.09. The first-order valence-electron chi connectivity index (χ1n) is 7.62. The number of hydrogen-bond acceptors (Lipinski definition) is 3. The van der Waals surface area contributed by atoms with Crippen LogP contribution in [0.1, 0.15) is 49.4 Å². The molecule has 1 aromatic carbocycles. The number of halogens is 1. The highest BCUT2D eigenvalue weighted by molar-refractivity contribution is 7.19. The topological polar surface area (TPSA) is 38.0 Å². The smallest absolute Gasteiger partial charge is 0.124 e. The van der Waals surface area contributed by atoms with Crippen molar-refractivity contribution in [1.82, 2.24) is 5.43 Å². The van der Waals surface area contributed by atoms with Crippen LogP contribution in [0.2, 0.25) is 0 Å². The molecule has 0 saturated heterocycles. The Morgan fingerprint density at radius 2 is 2.00 bits per heavy atom. The van der Waals surface area contributed by atoms with Gasteiger partial charge in [0.05, 0.1) is 6.04 Å². The van der Waals surface area contributed by atoms with E-state index in [1.54, 1.807) is 17.4 Å². The van der Waals surface area contributed by atoms with Crippen LogP contribution >= 0.6 is 11.3 Å². The Morgan fingerprint density at radius 3 is 2.86 bits per heavy atom. The summed E-state index contributed by atoms with van der Waals surface area (Å²) in [6, 6.07) is 7.14. The lowest BCUT2D eigenvalue weighted by molar-refractivity contribution is 0.560. The SMILES string of the molecule is NNC(/C1=C/CCCCCC1)c1cc2ccc(F)cc2s1. The number of hydrazine groups is 1. The fraction of sp³-hybridized carbons (Fsp3) is 0.412. The maximum absolute atomic E-state index is 13.3. The molecule has 0 amide bonds. The molecule has 0 radical (unpaired) electrons. The molecule has 3 N–H and O–H groups in total. The number of nitrogens with two attached hydrogens (primary N) is 1. The van der Waals surface area contributed by atoms with Crippen molar-refractivity contribution in [2.24, 2.45) is 5.84 Å². The van der Waals surface area contributed by atoms with Gasteiger partial charge in [0.1, 0.15) is 5.82 Å². The quantitative estimate of drug-likeness (QED) is 0.484. The molecule has 2 nitrogen and oxygen atoms in total. The molecule has 0 aliphatic heterocycles. The number of allylic oxidation sites excluding steroid dienone is 1. The Morgan fingerprint density at radius 1 is 1.14 bits per heavy atom. The van der Waals surface area contributed by atoms with Gasteiger partial charge >= 0.3 is 0 Å². The minimum atomic E-state index is -0.182. The Labute approximate surface area is 128 Å². The van der Waals surface area contributed by atoms with Crippen LogP contribution in [-0.2, 0) is 0 Å². The monoisotopic (exact) mass is 304 g/mol. The Bertz CT molecular complexity index is 647. The van der Waals surface area contributed by atoms with Gasteiger partial charge in [-0.3, -0.25) is 5.84 Å². The zero-order valence-electron chi connectivity index (χ0n) is 12.1. The van der Waals surface area contributed by atoms with Crippen LogP contribution in [-0.4, -0.2) is 0 Å². The number of nitrogens with one attached hydrogen (secondary N) is 1. The van der Waals surface area contributed by atoms with E-state index in [4.69, 9.17) is 5.84 Å². The van der Waals surface area contributed by atoms with Crippen LogP contribution in [0, 0.1) is 5.82 Å². The first-order valence-corrected chi connectivity index (χ1v) is 8.43. The molecular weight excluding hydrogens is 283 g/mol. The second-order valence-electron chi connectivity index (χ2n) is 5.66. The molecule has 0 spiro atoms. The minimum absolute atomic E-state index is 0.0589. The first kappa shape index (κ1) is 14.7. The lowest BCUT2D eigenvalue weighted by Crippen LogP contribution is -2.29. The number of hydrogen-bond donors (Lipinski definition) is 2. The van der Waals surface area contributed by atoms with Crippen molar-refractivity contribution in [1.29, 1.82) is 0 Å². The van der Waals surface area contributed by atoms with Gasteiger partial charge in [-0.05, 0) is 49.3 Å². The van der Waals surface area contributed by atoms with Crippen molar-refractivity contribution < 1.29 is 4.39 Å². The molecule has 0 bridgehead atoms. The molecule has 1 aliphatic rings. The second kappa shape index (κ2) is 6.69. The van der Waals surface area contributed by atoms with Crippen LogP contribution in [0.3, 0.4) is 0 Å². The fourth-order valence-corrected chi connectivity index (χ4v) is 4.21. The van der Waals surface area contributed by atoms with Gasteiger partial charge in [-0.25, -0.2) is 9.82 Å². The lowest BCUT2D eigenvalue weighted by atomic mass is 9.94. The highest BCUT2D eigenvalue weighted by atomic mass is 32.1. The van der Waals surface area contributed by atoms with E-state index < -0.39 is 0 Å². The molecule has 4 heteroatoms. The summed E-state index contributed by atoms with van der Waals surface area (Å²) in [5.41, 5.74) is 4.34. The number of thiophene rings is 1. The van der Waals surface area contributed by atoms with Gasteiger partial charge in [0.2, 0.25) is 0 Å². The van der Waals surface area contributed by atoms with E-state index in [-0.39, 0.29) is 11.9 Å². The normalized spacial score (nSPS) is 20.6. The molecule has 1 unspecified atom stereocenters. The molecule has 0 fully saturated rings. The summed E-state index contributed by atoms with van der Waals surface area (Å²) < 4.78 is 14.3. The number of rotatable bonds is 3. The minimum Gasteiger partial charge on any atom is -0.271 e. The molecule has 2 aromatic rings. The zero-order valence-corrected chi connectivity index (χ0v) is 12.9. The summed E-state index contributed by atoms with van der Waals surface area (Å²) in [6.45, 7) is 0. The van der Waals surface area contributed by atoms with Crippen molar-refractivity contribution in [3.8, 4) is 0 Å². The van der Waals surface area contributed by atoms with E-state index in [0.717, 1.165) is 22.9 Å². The molecule has 1 heterocycles. The van der Waals surface area contributed by atoms with E-state index >= 15 is 0 Å². The molecule has 21 heavy (non-hydrogen) atoms. The van der Waals surface area contributed by atoms with Crippen molar-refractivity contribution in [2.45, 2.75) is 44.6 Å². The lowest BCUT2D eigenvalue weighted by Gasteiger charge is -2.20. The summed E-state index contributed by atoms with van der Waals surface area (Å²) in [7, 11) is 0. The first-order chi connectivity index (χ1) is 10.3. The molecule has 0 saturated carbocycles. The van der Waals surface area contributed by atoms with Gasteiger partial charge in [-0.15, -0.1) is 11.3 Å². The molecule has 112 valence electrons. The van der Waals surface area contributed by atoms with Gasteiger partial charge in [-0.1, -0.05) is 30.6 Å². The molecular formula is C17H21FN2S. The van der Waals surface area contributed by atoms with Gasteiger partial charge in [0.25, 0.3) is 0 Å². The van der Waals surface area contributed by atoms with E-state index in [1.165, 1.54) is 42.2 Å². The van der Waals surface area contributed by atoms with Crippen LogP contribution in [0.15, 0.2) is 35.9 Å². The average molecular weight is 304 g/mol. The van der Waals surface area contributed by atoms with Crippen LogP contribution in [0.4, 0.5) is 4.39 Å². The highest BCUT2D eigenvalue weighted by Crippen LogP contribution is 2.35. The summed E-state index contributed by atoms with van der Waals surface area (Å²) in [6.07, 6.45) is 9.68. The third-order valence-corrected chi connectivity index (χ3v) is 5.31. The van der Waals surface area contributed by atoms with Gasteiger partial charge < -0.3 is 0 Å². The van der Waals surface area contributed by atoms with Crippen LogP contribution in [0.25, 0.3) is 10.1 Å². The molecule has 1 aromatic heterocycles. The molecule has 1 atom stereocenters. The molecule has 1 aliphatic carbocycles. The Kier molecular flexibility index (Phi) is 4.68. The van der Waals surface area contributed by atoms with Gasteiger partial charge in [-0.2, -0.15) is 0 Å². The van der Waals surface area contributed by atoms with E-state index in [0.29, 0.717) is 0 Å². The fourth-order valence-electron chi connectivity index (χ4n) is 3.02. The van der Waals surface area contributed by atoms with E-state index in [9.17, 15) is 4.39 Å². The number of fused-ring (bicyclic) bond motifs is 1. The van der Waals surface area contributed by atoms with Gasteiger partial charge in [0.15, 0.2) is 0 Å². The Hall–Kier alpha value is -1.23. The third kappa shape index (κ3) is 3.34. The predicted molar refractivity (Wildman–Crippen MR) is 87.6 cm³/mol. The van der Waals surface area contributed by atoms with Crippen LogP contribution in [0.5, 0.6) is 0 Å². The zero-order chi connectivity index (χ0) is 14.7. The summed E-state index contributed by atoms with van der Waals surface area (Å²) in [5.74, 6) is 5.64. The van der Waals surface area contributed by atoms with Crippen molar-refractivity contribution >= 4 is 21.4 Å². The van der Waals surface area contributed by atoms with Crippen molar-refractivity contribution in [3.63, 3.8) is 0 Å². The van der Waals surface area contributed by atoms with E-state index in [2.05, 4.69) is 17.6 Å². The van der Waals surface area contributed by atoms with Crippen molar-refractivity contribution in [3.05, 3.63) is 46.6 Å². The maximum atomic E-state index is 13.3. The standard InChI is InChI=1S/C17H21FN2S/c18-14-9-8-13-10-16(21-15(13)11-14)17(20-19)12-6-4-2-1-3-5-7-12/h6,8-11,17,20H,1-5,7,19H2/b12-6+. The Balaban J connectivity index is 1.93. The van der Waals surface area contributed by atoms with E-state index in [1.807, 2.05) is 6.07 Å². The van der Waals surface area contributed by atoms with Crippen molar-refractivity contribution in [2.75, 3.05) is 0 Å². The number of benzene rings is 1. The third-order valence-electron chi connectivity index (χ3n) is 4.15. The predicted octanol–water partition coefficient (Wildman–Crippen LogP) is 4.83. The summed E-state index contributed by atoms with van der Waals surface area (Å²) in [4.78, 5) is 1.17. The second-order valence-corrected chi connectivity index (χ2v) is 6.78. The molecule has 3 rings (SSSR count). The summed E-state index contributed by atoms with van der Waals surface area (Å²) >= 11 is 1.63. The van der Waals surface area contributed by atoms with Crippen LogP contribution < -0.4 is 11.3 Å². The maximum Gasteiger partial charge on any atom is 0.124 e. The average Bonchev–Trinajstić information content (AvgIpc) is 2.84. The van der Waals surface area contributed by atoms with Gasteiger partial charge in [0, 0.05) is 9.58 Å². The highest BCUT2D eigenvalue weighted by Gasteiger charge is 2.18. The largest absolute Gasteiger partial charge is 0.271 e.